The third kappa shape index (κ3) is 11.1. The quantitative estimate of drug-likeness (QED) is 0.102. The fraction of sp³-hybridized carbons (Fsp3) is 0.500. The highest BCUT2D eigenvalue weighted by atomic mass is 79.9. The van der Waals surface area contributed by atoms with E-state index in [2.05, 4.69) is 97.7 Å². The van der Waals surface area contributed by atoms with Gasteiger partial charge in [-0.2, -0.15) is 0 Å². The average molecular weight is 753 g/mol. The van der Waals surface area contributed by atoms with E-state index >= 15 is 0 Å². The third-order valence-corrected chi connectivity index (χ3v) is 9.93. The first-order valence-corrected chi connectivity index (χ1v) is 18.8. The van der Waals surface area contributed by atoms with Crippen LogP contribution >= 0.6 is 31.9 Å². The molecule has 0 saturated carbocycles. The Morgan fingerprint density at radius 3 is 1.35 bits per heavy atom. The second kappa shape index (κ2) is 18.2. The maximum absolute atomic E-state index is 6.28. The summed E-state index contributed by atoms with van der Waals surface area (Å²) in [5, 5.41) is 0. The Bertz CT molecular complexity index is 1420. The number of fused-ring (bicyclic) bond motifs is 1. The van der Waals surface area contributed by atoms with Crippen molar-refractivity contribution in [3.05, 3.63) is 69.6 Å². The van der Waals surface area contributed by atoms with Gasteiger partial charge < -0.3 is 9.47 Å². The summed E-state index contributed by atoms with van der Waals surface area (Å²) in [6.45, 7) is 15.3. The molecule has 0 radical (unpaired) electrons. The summed E-state index contributed by atoms with van der Waals surface area (Å²) in [6.07, 6.45) is 9.76. The fourth-order valence-electron chi connectivity index (χ4n) is 5.74. The minimum Gasteiger partial charge on any atom is -0.494 e. The number of rotatable bonds is 18. The molecule has 1 heterocycles. The largest absolute Gasteiger partial charge is 0.494 e. The smallest absolute Gasteiger partial charge is 0.119 e. The molecule has 6 heteroatoms. The van der Waals surface area contributed by atoms with Crippen LogP contribution in [-0.4, -0.2) is 23.2 Å². The second-order valence-corrected chi connectivity index (χ2v) is 15.5. The van der Waals surface area contributed by atoms with Crippen LogP contribution < -0.4 is 9.47 Å². The molecule has 1 aromatic heterocycles. The van der Waals surface area contributed by atoms with Gasteiger partial charge in [-0.05, 0) is 105 Å². The molecule has 0 aliphatic carbocycles. The van der Waals surface area contributed by atoms with Crippen LogP contribution in [-0.2, 0) is 0 Å². The third-order valence-electron chi connectivity index (χ3n) is 8.65. The molecule has 4 rings (SSSR count). The van der Waals surface area contributed by atoms with Crippen LogP contribution in [0.2, 0.25) is 0 Å². The summed E-state index contributed by atoms with van der Waals surface area (Å²) < 4.78 is 14.4. The molecular weight excluding hydrogens is 700 g/mol. The van der Waals surface area contributed by atoms with E-state index in [1.54, 1.807) is 0 Å². The molecule has 4 nitrogen and oxygen atoms in total. The molecule has 4 aromatic rings. The van der Waals surface area contributed by atoms with Gasteiger partial charge in [0.2, 0.25) is 0 Å². The molecule has 2 unspecified atom stereocenters. The van der Waals surface area contributed by atoms with Crippen LogP contribution in [0.5, 0.6) is 11.5 Å². The Kier molecular flexibility index (Phi) is 14.4. The number of ether oxygens (including phenoxy) is 2. The number of nitrogens with zero attached hydrogens (tertiary/aromatic N) is 2. The molecule has 0 fully saturated rings. The van der Waals surface area contributed by atoms with E-state index in [4.69, 9.17) is 19.4 Å². The molecule has 0 aliphatic heterocycles. The highest BCUT2D eigenvalue weighted by Crippen LogP contribution is 2.37. The molecule has 0 saturated heterocycles. The second-order valence-electron chi connectivity index (χ2n) is 13.8. The minimum atomic E-state index is 0.651. The van der Waals surface area contributed by atoms with E-state index in [9.17, 15) is 0 Å². The van der Waals surface area contributed by atoms with Crippen LogP contribution in [0.3, 0.4) is 0 Å². The molecule has 248 valence electrons. The Balaban J connectivity index is 1.55. The van der Waals surface area contributed by atoms with E-state index in [1.807, 2.05) is 36.4 Å². The minimum absolute atomic E-state index is 0.651. The van der Waals surface area contributed by atoms with Crippen molar-refractivity contribution in [1.29, 1.82) is 0 Å². The van der Waals surface area contributed by atoms with Crippen LogP contribution in [0, 0.1) is 23.7 Å². The number of hydrogen-bond donors (Lipinski definition) is 0. The molecule has 0 N–H and O–H groups in total. The van der Waals surface area contributed by atoms with E-state index in [0.717, 1.165) is 78.7 Å². The first-order chi connectivity index (χ1) is 22.1. The first-order valence-electron chi connectivity index (χ1n) is 17.2. The van der Waals surface area contributed by atoms with E-state index in [1.165, 1.54) is 38.5 Å². The van der Waals surface area contributed by atoms with Gasteiger partial charge in [0.25, 0.3) is 0 Å². The highest BCUT2D eigenvalue weighted by molar-refractivity contribution is 9.11. The first kappa shape index (κ1) is 36.4. The Hall–Kier alpha value is -2.44. The Morgan fingerprint density at radius 2 is 0.957 bits per heavy atom. The number of halogens is 2. The summed E-state index contributed by atoms with van der Waals surface area (Å²) in [5.74, 6) is 4.55. The van der Waals surface area contributed by atoms with Gasteiger partial charge in [0, 0.05) is 20.1 Å². The SMILES string of the molecule is CC(C)CCCC(C)CCOc1cccc(-c2nc3c(Br)ccc(Br)c3nc2-c2cccc(OCCC(C)CCCC(C)C)c2)c1. The van der Waals surface area contributed by atoms with Gasteiger partial charge in [-0.3, -0.25) is 0 Å². The van der Waals surface area contributed by atoms with E-state index in [0.29, 0.717) is 25.0 Å². The van der Waals surface area contributed by atoms with E-state index < -0.39 is 0 Å². The number of benzene rings is 3. The maximum atomic E-state index is 6.28. The van der Waals surface area contributed by atoms with Crippen molar-refractivity contribution in [2.45, 2.75) is 92.9 Å². The van der Waals surface area contributed by atoms with Crippen molar-refractivity contribution < 1.29 is 9.47 Å². The van der Waals surface area contributed by atoms with Gasteiger partial charge in [0.05, 0.1) is 24.6 Å². The maximum Gasteiger partial charge on any atom is 0.119 e. The summed E-state index contributed by atoms with van der Waals surface area (Å²) >= 11 is 7.43. The molecule has 0 bridgehead atoms. The van der Waals surface area contributed by atoms with Gasteiger partial charge in [-0.25, -0.2) is 9.97 Å². The average Bonchev–Trinajstić information content (AvgIpc) is 3.02. The summed E-state index contributed by atoms with van der Waals surface area (Å²) in [5.41, 5.74) is 5.20. The van der Waals surface area contributed by atoms with Crippen molar-refractivity contribution in [3.63, 3.8) is 0 Å². The zero-order valence-corrected chi connectivity index (χ0v) is 31.8. The lowest BCUT2D eigenvalue weighted by molar-refractivity contribution is 0.275. The summed E-state index contributed by atoms with van der Waals surface area (Å²) in [6, 6.07) is 20.5. The van der Waals surface area contributed by atoms with Crippen molar-refractivity contribution >= 4 is 42.9 Å². The van der Waals surface area contributed by atoms with Gasteiger partial charge >= 0.3 is 0 Å². The molecule has 2 atom stereocenters. The summed E-state index contributed by atoms with van der Waals surface area (Å²) in [4.78, 5) is 10.4. The standard InChI is InChI=1S/C40H52Br2N2O2/c1-27(2)11-7-13-29(5)21-23-45-33-17-9-15-31(25-33)37-38(44-40-36(42)20-19-35(41)39(40)43-37)32-16-10-18-34(26-32)46-24-22-30(6)14-8-12-28(3)4/h9-10,15-20,25-30H,7-8,11-14,21-24H2,1-6H3. The molecule has 46 heavy (non-hydrogen) atoms. The van der Waals surface area contributed by atoms with Crippen LogP contribution in [0.1, 0.15) is 92.9 Å². The zero-order chi connectivity index (χ0) is 33.1. The molecule has 0 spiro atoms. The Labute approximate surface area is 294 Å². The van der Waals surface area contributed by atoms with Gasteiger partial charge in [0.15, 0.2) is 0 Å². The fourth-order valence-corrected chi connectivity index (χ4v) is 6.55. The van der Waals surface area contributed by atoms with Crippen LogP contribution in [0.25, 0.3) is 33.5 Å². The monoisotopic (exact) mass is 750 g/mol. The lowest BCUT2D eigenvalue weighted by Crippen LogP contribution is -2.05. The van der Waals surface area contributed by atoms with Crippen LogP contribution in [0.4, 0.5) is 0 Å². The van der Waals surface area contributed by atoms with Crippen molar-refractivity contribution in [3.8, 4) is 34.0 Å². The predicted octanol–water partition coefficient (Wildman–Crippen LogP) is 13.0. The molecular formula is C40H52Br2N2O2. The number of aromatic nitrogens is 2. The van der Waals surface area contributed by atoms with Crippen LogP contribution in [0.15, 0.2) is 69.6 Å². The normalized spacial score (nSPS) is 13.0. The van der Waals surface area contributed by atoms with Gasteiger partial charge in [-0.15, -0.1) is 0 Å². The topological polar surface area (TPSA) is 44.2 Å². The van der Waals surface area contributed by atoms with Crippen molar-refractivity contribution in [2.75, 3.05) is 13.2 Å². The summed E-state index contributed by atoms with van der Waals surface area (Å²) in [7, 11) is 0. The molecule has 0 aliphatic rings. The van der Waals surface area contributed by atoms with Crippen molar-refractivity contribution in [2.24, 2.45) is 23.7 Å². The molecule has 3 aromatic carbocycles. The van der Waals surface area contributed by atoms with Gasteiger partial charge in [0.1, 0.15) is 22.5 Å². The Morgan fingerprint density at radius 1 is 0.543 bits per heavy atom. The zero-order valence-electron chi connectivity index (χ0n) is 28.6. The van der Waals surface area contributed by atoms with Gasteiger partial charge in [-0.1, -0.05) is 104 Å². The lowest BCUT2D eigenvalue weighted by atomic mass is 9.98. The lowest BCUT2D eigenvalue weighted by Gasteiger charge is -2.16. The highest BCUT2D eigenvalue weighted by Gasteiger charge is 2.18. The van der Waals surface area contributed by atoms with Crippen molar-refractivity contribution in [1.82, 2.24) is 9.97 Å². The predicted molar refractivity (Wildman–Crippen MR) is 202 cm³/mol. The molecule has 0 amide bonds. The number of hydrogen-bond acceptors (Lipinski definition) is 4. The van der Waals surface area contributed by atoms with E-state index in [-0.39, 0.29) is 0 Å².